The molecule has 26 heavy (non-hydrogen) atoms. The number of likely N-dealkylation sites (tertiary alicyclic amines) is 1. The average molecular weight is 350 g/mol. The molecule has 134 valence electrons. The molecule has 2 bridgehead atoms. The van der Waals surface area contributed by atoms with Crippen LogP contribution in [0.3, 0.4) is 0 Å². The molecule has 5 nitrogen and oxygen atoms in total. The van der Waals surface area contributed by atoms with Crippen LogP contribution in [0.4, 0.5) is 0 Å². The highest BCUT2D eigenvalue weighted by atomic mass is 16.5. The van der Waals surface area contributed by atoms with Crippen LogP contribution in [0.1, 0.15) is 23.6 Å². The summed E-state index contributed by atoms with van der Waals surface area (Å²) in [5, 5.41) is 0. The summed E-state index contributed by atoms with van der Waals surface area (Å²) in [6, 6.07) is 13.1. The molecular formula is C21H22N2O3. The normalized spacial score (nSPS) is 21.5. The van der Waals surface area contributed by atoms with Crippen LogP contribution in [-0.4, -0.2) is 35.6 Å². The molecule has 1 saturated heterocycles. The van der Waals surface area contributed by atoms with E-state index in [1.165, 1.54) is 0 Å². The maximum Gasteiger partial charge on any atom is 0.250 e. The number of piperidine rings is 1. The monoisotopic (exact) mass is 350 g/mol. The summed E-state index contributed by atoms with van der Waals surface area (Å²) in [6.07, 6.45) is 4.53. The lowest BCUT2D eigenvalue weighted by molar-refractivity contribution is -0.128. The topological polar surface area (TPSA) is 51.5 Å². The zero-order chi connectivity index (χ0) is 18.1. The Morgan fingerprint density at radius 1 is 1.12 bits per heavy atom. The molecule has 1 aromatic heterocycles. The molecule has 2 atom stereocenters. The van der Waals surface area contributed by atoms with E-state index in [1.54, 1.807) is 19.3 Å². The number of hydrogen-bond donors (Lipinski definition) is 0. The number of pyridine rings is 1. The summed E-state index contributed by atoms with van der Waals surface area (Å²) in [5.41, 5.74) is 2.09. The van der Waals surface area contributed by atoms with Crippen LogP contribution in [-0.2, 0) is 11.3 Å². The van der Waals surface area contributed by atoms with Crippen molar-refractivity contribution in [3.63, 3.8) is 0 Å². The van der Waals surface area contributed by atoms with Crippen molar-refractivity contribution in [2.24, 2.45) is 5.92 Å². The minimum absolute atomic E-state index is 0.0299. The molecule has 5 heteroatoms. The van der Waals surface area contributed by atoms with Crippen molar-refractivity contribution in [3.8, 4) is 5.75 Å². The van der Waals surface area contributed by atoms with Gasteiger partial charge in [-0.3, -0.25) is 9.59 Å². The van der Waals surface area contributed by atoms with E-state index < -0.39 is 0 Å². The standard InChI is InChI=1S/C21H22N2O3/c1-26-18-8-5-15(6-9-18)7-10-20(24)22-12-16-11-17(14-22)19-3-2-4-21(25)23(19)13-16/h2-10,16-17H,11-14H2,1H3/b10-7+/t16-,17+/m0/s1. The van der Waals surface area contributed by atoms with Crippen LogP contribution in [0.5, 0.6) is 5.75 Å². The molecule has 1 fully saturated rings. The molecule has 1 aromatic carbocycles. The van der Waals surface area contributed by atoms with Gasteiger partial charge in [-0.25, -0.2) is 0 Å². The summed E-state index contributed by atoms with van der Waals surface area (Å²) >= 11 is 0. The average Bonchev–Trinajstić information content (AvgIpc) is 2.67. The van der Waals surface area contributed by atoms with Gasteiger partial charge in [-0.2, -0.15) is 0 Å². The predicted octanol–water partition coefficient (Wildman–Crippen LogP) is 2.52. The Balaban J connectivity index is 1.48. The Labute approximate surface area is 152 Å². The minimum atomic E-state index is 0.0299. The second-order valence-electron chi connectivity index (χ2n) is 7.05. The summed E-state index contributed by atoms with van der Waals surface area (Å²) in [7, 11) is 1.63. The predicted molar refractivity (Wildman–Crippen MR) is 100 cm³/mol. The number of fused-ring (bicyclic) bond motifs is 4. The number of rotatable bonds is 3. The number of aromatic nitrogens is 1. The Kier molecular flexibility index (Phi) is 4.37. The molecule has 2 aliphatic rings. The van der Waals surface area contributed by atoms with Gasteiger partial charge < -0.3 is 14.2 Å². The van der Waals surface area contributed by atoms with Crippen molar-refractivity contribution in [2.75, 3.05) is 20.2 Å². The second-order valence-corrected chi connectivity index (χ2v) is 7.05. The van der Waals surface area contributed by atoms with Gasteiger partial charge in [0.05, 0.1) is 7.11 Å². The van der Waals surface area contributed by atoms with Gasteiger partial charge >= 0.3 is 0 Å². The van der Waals surface area contributed by atoms with Gasteiger partial charge in [0, 0.05) is 43.4 Å². The van der Waals surface area contributed by atoms with E-state index in [9.17, 15) is 9.59 Å². The summed E-state index contributed by atoms with van der Waals surface area (Å²) in [5.74, 6) is 1.42. The molecule has 0 N–H and O–H groups in total. The molecule has 3 heterocycles. The first-order chi connectivity index (χ1) is 12.6. The van der Waals surface area contributed by atoms with Gasteiger partial charge in [-0.1, -0.05) is 18.2 Å². The van der Waals surface area contributed by atoms with Crippen LogP contribution in [0.15, 0.2) is 53.3 Å². The second kappa shape index (κ2) is 6.83. The molecule has 2 aromatic rings. The van der Waals surface area contributed by atoms with Crippen molar-refractivity contribution in [2.45, 2.75) is 18.9 Å². The zero-order valence-corrected chi connectivity index (χ0v) is 14.8. The fourth-order valence-electron chi connectivity index (χ4n) is 4.06. The molecule has 0 spiro atoms. The van der Waals surface area contributed by atoms with Crippen LogP contribution in [0.2, 0.25) is 0 Å². The van der Waals surface area contributed by atoms with Gasteiger partial charge in [0.25, 0.3) is 5.56 Å². The summed E-state index contributed by atoms with van der Waals surface area (Å²) < 4.78 is 7.03. The van der Waals surface area contributed by atoms with Crippen LogP contribution in [0.25, 0.3) is 6.08 Å². The van der Waals surface area contributed by atoms with Gasteiger partial charge in [-0.15, -0.1) is 0 Å². The fourth-order valence-corrected chi connectivity index (χ4v) is 4.06. The smallest absolute Gasteiger partial charge is 0.250 e. The molecule has 0 aliphatic carbocycles. The van der Waals surface area contributed by atoms with E-state index in [4.69, 9.17) is 4.74 Å². The van der Waals surface area contributed by atoms with Crippen LogP contribution < -0.4 is 10.3 Å². The Bertz CT molecular complexity index is 898. The zero-order valence-electron chi connectivity index (χ0n) is 14.8. The van der Waals surface area contributed by atoms with Crippen molar-refractivity contribution in [1.29, 1.82) is 0 Å². The number of carbonyl (C=O) groups excluding carboxylic acids is 1. The largest absolute Gasteiger partial charge is 0.497 e. The number of ether oxygens (including phenoxy) is 1. The van der Waals surface area contributed by atoms with Gasteiger partial charge in [0.2, 0.25) is 5.91 Å². The molecule has 4 rings (SSSR count). The lowest BCUT2D eigenvalue weighted by atomic mass is 9.83. The third kappa shape index (κ3) is 3.17. The van der Waals surface area contributed by atoms with Crippen molar-refractivity contribution >= 4 is 12.0 Å². The number of amides is 1. The quantitative estimate of drug-likeness (QED) is 0.800. The fraction of sp³-hybridized carbons (Fsp3) is 0.333. The Morgan fingerprint density at radius 3 is 2.69 bits per heavy atom. The Morgan fingerprint density at radius 2 is 1.92 bits per heavy atom. The van der Waals surface area contributed by atoms with E-state index in [0.29, 0.717) is 25.6 Å². The van der Waals surface area contributed by atoms with E-state index >= 15 is 0 Å². The van der Waals surface area contributed by atoms with Crippen molar-refractivity contribution in [1.82, 2.24) is 9.47 Å². The SMILES string of the molecule is COc1ccc(/C=C/C(=O)N2C[C@@H]3C[C@H](C2)c2cccc(=O)n2C3)cc1. The van der Waals surface area contributed by atoms with E-state index in [0.717, 1.165) is 23.4 Å². The molecule has 0 radical (unpaired) electrons. The first-order valence-corrected chi connectivity index (χ1v) is 8.95. The number of nitrogens with zero attached hydrogens (tertiary/aromatic N) is 2. The van der Waals surface area contributed by atoms with E-state index in [1.807, 2.05) is 51.9 Å². The van der Waals surface area contributed by atoms with Crippen LogP contribution in [0, 0.1) is 5.92 Å². The molecular weight excluding hydrogens is 328 g/mol. The first-order valence-electron chi connectivity index (χ1n) is 8.95. The number of hydrogen-bond acceptors (Lipinski definition) is 3. The number of benzene rings is 1. The number of carbonyl (C=O) groups is 1. The molecule has 1 amide bonds. The van der Waals surface area contributed by atoms with Crippen molar-refractivity contribution < 1.29 is 9.53 Å². The van der Waals surface area contributed by atoms with Gasteiger partial charge in [0.15, 0.2) is 0 Å². The molecule has 0 unspecified atom stereocenters. The summed E-state index contributed by atoms with van der Waals surface area (Å²) in [6.45, 7) is 2.09. The third-order valence-electron chi connectivity index (χ3n) is 5.33. The highest BCUT2D eigenvalue weighted by Gasteiger charge is 2.35. The van der Waals surface area contributed by atoms with E-state index in [2.05, 4.69) is 0 Å². The Hall–Kier alpha value is -2.82. The number of methoxy groups -OCH3 is 1. The highest BCUT2D eigenvalue weighted by molar-refractivity contribution is 5.92. The summed E-state index contributed by atoms with van der Waals surface area (Å²) in [4.78, 5) is 26.6. The van der Waals surface area contributed by atoms with Crippen LogP contribution >= 0.6 is 0 Å². The maximum absolute atomic E-state index is 12.7. The highest BCUT2D eigenvalue weighted by Crippen LogP contribution is 2.35. The van der Waals surface area contributed by atoms with Gasteiger partial charge in [-0.05, 0) is 42.2 Å². The van der Waals surface area contributed by atoms with Gasteiger partial charge in [0.1, 0.15) is 5.75 Å². The minimum Gasteiger partial charge on any atom is -0.497 e. The third-order valence-corrected chi connectivity index (χ3v) is 5.33. The molecule has 2 aliphatic heterocycles. The first kappa shape index (κ1) is 16.6. The van der Waals surface area contributed by atoms with Crippen molar-refractivity contribution in [3.05, 3.63) is 70.2 Å². The lowest BCUT2D eigenvalue weighted by Crippen LogP contribution is -2.48. The lowest BCUT2D eigenvalue weighted by Gasteiger charge is -2.42. The molecule has 0 saturated carbocycles. The van der Waals surface area contributed by atoms with E-state index in [-0.39, 0.29) is 17.4 Å². The maximum atomic E-state index is 12.7.